The Morgan fingerprint density at radius 2 is 2.36 bits per heavy atom. The second kappa shape index (κ2) is 3.51. The van der Waals surface area contributed by atoms with Crippen LogP contribution in [0.2, 0.25) is 0 Å². The van der Waals surface area contributed by atoms with Gasteiger partial charge in [0.05, 0.1) is 23.9 Å². The van der Waals surface area contributed by atoms with Gasteiger partial charge in [0.25, 0.3) is 0 Å². The van der Waals surface area contributed by atoms with Crippen LogP contribution < -0.4 is 5.73 Å². The SMILES string of the molecule is Cc1nc(-c2cncn2C)sc1CN. The molecule has 0 atom stereocenters. The van der Waals surface area contributed by atoms with Crippen LogP contribution >= 0.6 is 11.3 Å². The Morgan fingerprint density at radius 1 is 1.57 bits per heavy atom. The van der Waals surface area contributed by atoms with Crippen LogP contribution in [0.1, 0.15) is 10.6 Å². The molecular formula is C9H12N4S. The standard InChI is InChI=1S/C9H12N4S/c1-6-8(3-10)14-9(12-6)7-4-11-5-13(7)2/h4-5H,3,10H2,1-2H3. The summed E-state index contributed by atoms with van der Waals surface area (Å²) in [5.74, 6) is 0. The topological polar surface area (TPSA) is 56.7 Å². The maximum absolute atomic E-state index is 5.60. The van der Waals surface area contributed by atoms with Gasteiger partial charge in [-0.3, -0.25) is 0 Å². The second-order valence-corrected chi connectivity index (χ2v) is 4.21. The zero-order chi connectivity index (χ0) is 10.1. The molecule has 0 aliphatic rings. The average Bonchev–Trinajstić information content (AvgIpc) is 2.71. The number of aromatic nitrogens is 3. The van der Waals surface area contributed by atoms with Gasteiger partial charge in [0.15, 0.2) is 0 Å². The van der Waals surface area contributed by atoms with Crippen LogP contribution in [-0.4, -0.2) is 14.5 Å². The Hall–Kier alpha value is -1.20. The molecule has 0 saturated heterocycles. The summed E-state index contributed by atoms with van der Waals surface area (Å²) in [6, 6.07) is 0. The third-order valence-electron chi connectivity index (χ3n) is 2.11. The molecule has 4 nitrogen and oxygen atoms in total. The van der Waals surface area contributed by atoms with Crippen LogP contribution in [0.3, 0.4) is 0 Å². The summed E-state index contributed by atoms with van der Waals surface area (Å²) in [6.45, 7) is 2.54. The summed E-state index contributed by atoms with van der Waals surface area (Å²) in [7, 11) is 1.96. The van der Waals surface area contributed by atoms with E-state index in [1.807, 2.05) is 24.7 Å². The highest BCUT2D eigenvalue weighted by Gasteiger charge is 2.10. The van der Waals surface area contributed by atoms with Crippen molar-refractivity contribution in [3.63, 3.8) is 0 Å². The van der Waals surface area contributed by atoms with Crippen molar-refractivity contribution in [1.29, 1.82) is 0 Å². The highest BCUT2D eigenvalue weighted by molar-refractivity contribution is 7.15. The molecule has 74 valence electrons. The Labute approximate surface area is 86.4 Å². The predicted octanol–water partition coefficient (Wildman–Crippen LogP) is 1.31. The molecule has 2 heterocycles. The van der Waals surface area contributed by atoms with Gasteiger partial charge < -0.3 is 10.3 Å². The third kappa shape index (κ3) is 1.44. The van der Waals surface area contributed by atoms with Gasteiger partial charge in [-0.15, -0.1) is 11.3 Å². The van der Waals surface area contributed by atoms with Crippen molar-refractivity contribution in [2.24, 2.45) is 12.8 Å². The maximum atomic E-state index is 5.60. The molecule has 0 fully saturated rings. The van der Waals surface area contributed by atoms with E-state index in [9.17, 15) is 0 Å². The summed E-state index contributed by atoms with van der Waals surface area (Å²) in [4.78, 5) is 9.66. The molecule has 14 heavy (non-hydrogen) atoms. The molecule has 2 aromatic rings. The Morgan fingerprint density at radius 3 is 2.86 bits per heavy atom. The molecule has 0 amide bonds. The fraction of sp³-hybridized carbons (Fsp3) is 0.333. The number of rotatable bonds is 2. The number of aryl methyl sites for hydroxylation is 2. The molecule has 2 N–H and O–H groups in total. The van der Waals surface area contributed by atoms with Crippen LogP contribution in [0, 0.1) is 6.92 Å². The van der Waals surface area contributed by atoms with Gasteiger partial charge >= 0.3 is 0 Å². The van der Waals surface area contributed by atoms with Gasteiger partial charge in [-0.2, -0.15) is 0 Å². The Bertz CT molecular complexity index is 443. The van der Waals surface area contributed by atoms with Gasteiger partial charge in [0, 0.05) is 18.5 Å². The van der Waals surface area contributed by atoms with Crippen LogP contribution in [-0.2, 0) is 13.6 Å². The van der Waals surface area contributed by atoms with Crippen molar-refractivity contribution >= 4 is 11.3 Å². The van der Waals surface area contributed by atoms with E-state index in [0.717, 1.165) is 21.3 Å². The van der Waals surface area contributed by atoms with E-state index in [2.05, 4.69) is 9.97 Å². The predicted molar refractivity (Wildman–Crippen MR) is 56.9 cm³/mol. The average molecular weight is 208 g/mol. The first-order valence-corrected chi connectivity index (χ1v) is 5.17. The minimum absolute atomic E-state index is 0.557. The molecule has 0 aliphatic carbocycles. The number of nitrogens with zero attached hydrogens (tertiary/aromatic N) is 3. The minimum Gasteiger partial charge on any atom is -0.332 e. The van der Waals surface area contributed by atoms with E-state index in [1.165, 1.54) is 0 Å². The highest BCUT2D eigenvalue weighted by atomic mass is 32.1. The smallest absolute Gasteiger partial charge is 0.142 e. The number of hydrogen-bond donors (Lipinski definition) is 1. The lowest BCUT2D eigenvalue weighted by Gasteiger charge is -1.94. The van der Waals surface area contributed by atoms with Crippen molar-refractivity contribution < 1.29 is 0 Å². The third-order valence-corrected chi connectivity index (χ3v) is 3.32. The first-order valence-electron chi connectivity index (χ1n) is 4.35. The van der Waals surface area contributed by atoms with Crippen molar-refractivity contribution in [3.05, 3.63) is 23.1 Å². The molecule has 0 aliphatic heterocycles. The monoisotopic (exact) mass is 208 g/mol. The lowest BCUT2D eigenvalue weighted by atomic mass is 10.4. The summed E-state index contributed by atoms with van der Waals surface area (Å²) in [6.07, 6.45) is 3.59. The van der Waals surface area contributed by atoms with Gasteiger partial charge in [-0.25, -0.2) is 9.97 Å². The molecule has 0 aromatic carbocycles. The van der Waals surface area contributed by atoms with Crippen LogP contribution in [0.4, 0.5) is 0 Å². The molecule has 0 spiro atoms. The zero-order valence-corrected chi connectivity index (χ0v) is 9.01. The first kappa shape index (κ1) is 9.36. The quantitative estimate of drug-likeness (QED) is 0.809. The van der Waals surface area contributed by atoms with E-state index < -0.39 is 0 Å². The van der Waals surface area contributed by atoms with Gasteiger partial charge in [0.1, 0.15) is 5.01 Å². The fourth-order valence-electron chi connectivity index (χ4n) is 1.29. The molecule has 2 rings (SSSR count). The molecule has 5 heteroatoms. The maximum Gasteiger partial charge on any atom is 0.142 e. The molecule has 2 aromatic heterocycles. The number of imidazole rings is 1. The van der Waals surface area contributed by atoms with E-state index >= 15 is 0 Å². The van der Waals surface area contributed by atoms with Gasteiger partial charge in [0.2, 0.25) is 0 Å². The molecule has 0 bridgehead atoms. The van der Waals surface area contributed by atoms with E-state index in [4.69, 9.17) is 5.73 Å². The summed E-state index contributed by atoms with van der Waals surface area (Å²) in [5.41, 5.74) is 7.66. The van der Waals surface area contributed by atoms with E-state index in [1.54, 1.807) is 17.7 Å². The minimum atomic E-state index is 0.557. The van der Waals surface area contributed by atoms with Crippen LogP contribution in [0.15, 0.2) is 12.5 Å². The number of nitrogens with two attached hydrogens (primary N) is 1. The lowest BCUT2D eigenvalue weighted by Crippen LogP contribution is -1.94. The summed E-state index contributed by atoms with van der Waals surface area (Å²) >= 11 is 1.63. The van der Waals surface area contributed by atoms with Crippen LogP contribution in [0.25, 0.3) is 10.7 Å². The van der Waals surface area contributed by atoms with Gasteiger partial charge in [-0.1, -0.05) is 0 Å². The van der Waals surface area contributed by atoms with Crippen molar-refractivity contribution in [3.8, 4) is 10.7 Å². The lowest BCUT2D eigenvalue weighted by molar-refractivity contribution is 0.919. The Kier molecular flexibility index (Phi) is 2.35. The molecule has 0 saturated carbocycles. The Balaban J connectivity index is 2.47. The zero-order valence-electron chi connectivity index (χ0n) is 8.19. The highest BCUT2D eigenvalue weighted by Crippen LogP contribution is 2.26. The fourth-order valence-corrected chi connectivity index (χ4v) is 2.28. The number of thiazole rings is 1. The normalized spacial score (nSPS) is 10.8. The second-order valence-electron chi connectivity index (χ2n) is 3.12. The van der Waals surface area contributed by atoms with E-state index in [-0.39, 0.29) is 0 Å². The van der Waals surface area contributed by atoms with Crippen LogP contribution in [0.5, 0.6) is 0 Å². The van der Waals surface area contributed by atoms with Gasteiger partial charge in [-0.05, 0) is 6.92 Å². The van der Waals surface area contributed by atoms with E-state index in [0.29, 0.717) is 6.54 Å². The van der Waals surface area contributed by atoms with Crippen molar-refractivity contribution in [2.75, 3.05) is 0 Å². The molecule has 0 radical (unpaired) electrons. The summed E-state index contributed by atoms with van der Waals surface area (Å²) in [5, 5.41) is 0.989. The molecular weight excluding hydrogens is 196 g/mol. The van der Waals surface area contributed by atoms with Crippen molar-refractivity contribution in [1.82, 2.24) is 14.5 Å². The number of hydrogen-bond acceptors (Lipinski definition) is 4. The van der Waals surface area contributed by atoms with Crippen molar-refractivity contribution in [2.45, 2.75) is 13.5 Å². The largest absolute Gasteiger partial charge is 0.332 e. The first-order chi connectivity index (χ1) is 6.72. The molecule has 0 unspecified atom stereocenters. The summed E-state index contributed by atoms with van der Waals surface area (Å²) < 4.78 is 1.96.